The van der Waals surface area contributed by atoms with Crippen molar-refractivity contribution in [3.05, 3.63) is 116 Å². The summed E-state index contributed by atoms with van der Waals surface area (Å²) in [6, 6.07) is 23.4. The smallest absolute Gasteiger partial charge is 0.338 e. The predicted octanol–water partition coefficient (Wildman–Crippen LogP) is 10.4. The number of para-hydroxylation sites is 2. The molecule has 2 aliphatic carbocycles. The molecule has 4 aromatic rings. The molecule has 2 saturated carbocycles. The van der Waals surface area contributed by atoms with E-state index in [9.17, 15) is 14.7 Å². The highest BCUT2D eigenvalue weighted by Gasteiger charge is 2.47. The molecule has 0 saturated heterocycles. The van der Waals surface area contributed by atoms with Crippen molar-refractivity contribution in [2.75, 3.05) is 7.11 Å². The molecule has 2 fully saturated rings. The quantitative estimate of drug-likeness (QED) is 0.195. The number of hydrogen-bond acceptors (Lipinski definition) is 5. The Morgan fingerprint density at radius 1 is 0.755 bits per heavy atom. The van der Waals surface area contributed by atoms with Gasteiger partial charge in [0.15, 0.2) is 0 Å². The van der Waals surface area contributed by atoms with Gasteiger partial charge in [-0.2, -0.15) is 0 Å². The van der Waals surface area contributed by atoms with Crippen LogP contribution in [0.4, 0.5) is 11.4 Å². The van der Waals surface area contributed by atoms with E-state index in [0.717, 1.165) is 96.4 Å². The van der Waals surface area contributed by atoms with Crippen LogP contribution in [0.3, 0.4) is 0 Å². The van der Waals surface area contributed by atoms with Gasteiger partial charge in [0.25, 0.3) is 0 Å². The second-order valence-electron chi connectivity index (χ2n) is 13.8. The maximum atomic E-state index is 13.0. The third kappa shape index (κ3) is 5.06. The van der Waals surface area contributed by atoms with Crippen LogP contribution in [0.1, 0.15) is 94.3 Å². The molecule has 0 bridgehead atoms. The van der Waals surface area contributed by atoms with Gasteiger partial charge in [0.2, 0.25) is 0 Å². The highest BCUT2D eigenvalue weighted by Crippen LogP contribution is 2.54. The molecular formula is C41H36Cl2N2O4. The number of halogens is 2. The monoisotopic (exact) mass is 690 g/mol. The number of rotatable bonds is 7. The Hall–Kier alpha value is -4.26. The molecule has 8 rings (SSSR count). The van der Waals surface area contributed by atoms with Gasteiger partial charge in [-0.15, -0.1) is 0 Å². The van der Waals surface area contributed by atoms with Crippen molar-refractivity contribution in [1.82, 2.24) is 0 Å². The van der Waals surface area contributed by atoms with Crippen LogP contribution in [0.5, 0.6) is 0 Å². The summed E-state index contributed by atoms with van der Waals surface area (Å²) < 4.78 is 5.12. The molecule has 248 valence electrons. The van der Waals surface area contributed by atoms with Crippen molar-refractivity contribution in [1.29, 1.82) is 0 Å². The molecule has 2 unspecified atom stereocenters. The summed E-state index contributed by atoms with van der Waals surface area (Å²) in [5.74, 6) is -1.42. The minimum Gasteiger partial charge on any atom is -0.478 e. The third-order valence-corrected chi connectivity index (χ3v) is 12.0. The summed E-state index contributed by atoms with van der Waals surface area (Å²) >= 11 is 13.9. The van der Waals surface area contributed by atoms with Gasteiger partial charge in [-0.1, -0.05) is 78.5 Å². The number of aliphatic imine (C=N–C) groups is 2. The number of ether oxygens (including phenoxy) is 1. The number of aromatic carboxylic acids is 1. The van der Waals surface area contributed by atoms with Crippen molar-refractivity contribution in [2.24, 2.45) is 9.98 Å². The van der Waals surface area contributed by atoms with Crippen LogP contribution in [-0.2, 0) is 28.4 Å². The van der Waals surface area contributed by atoms with Gasteiger partial charge < -0.3 is 9.84 Å². The number of esters is 1. The number of fused-ring (bicyclic) bond motifs is 6. The Bertz CT molecular complexity index is 2120. The number of nitrogens with zero attached hydrogens (tertiary/aromatic N) is 2. The van der Waals surface area contributed by atoms with Gasteiger partial charge in [0, 0.05) is 37.9 Å². The average molecular weight is 692 g/mol. The summed E-state index contributed by atoms with van der Waals surface area (Å²) in [5.41, 5.74) is 9.07. The minimum atomic E-state index is -1.01. The Kier molecular flexibility index (Phi) is 8.00. The zero-order valence-corrected chi connectivity index (χ0v) is 28.8. The zero-order chi connectivity index (χ0) is 33.9. The van der Waals surface area contributed by atoms with E-state index in [1.807, 2.05) is 36.4 Å². The molecule has 49 heavy (non-hydrogen) atoms. The highest BCUT2D eigenvalue weighted by atomic mass is 35.5. The number of carbonyl (C=O) groups is 2. The van der Waals surface area contributed by atoms with Crippen molar-refractivity contribution < 1.29 is 19.4 Å². The summed E-state index contributed by atoms with van der Waals surface area (Å²) in [5, 5.41) is 11.6. The second-order valence-corrected chi connectivity index (χ2v) is 14.6. The molecule has 0 spiro atoms. The molecule has 1 N–H and O–H groups in total. The third-order valence-electron chi connectivity index (χ3n) is 11.3. The fraction of sp³-hybridized carbons (Fsp3) is 0.317. The second kappa shape index (κ2) is 12.3. The molecule has 6 nitrogen and oxygen atoms in total. The van der Waals surface area contributed by atoms with E-state index in [2.05, 4.69) is 18.2 Å². The Morgan fingerprint density at radius 3 is 2.14 bits per heavy atom. The van der Waals surface area contributed by atoms with Crippen LogP contribution in [0, 0.1) is 0 Å². The standard InChI is InChI=1S/C41H36Cl2N2O4/c1-49-39(48)26-11-9-14-32(42)28(26)22-41-19-7-5-17-36(41)45-37-25(10-8-13-31(37)41)24-20-27(38(46)47)29(33(43)21-24)23-40-18-6-4-16-35(40)44-34-15-3-2-12-30(34)40/h2-3,8-15,20-21H,4-7,16-19,22-23H2,1H3,(H,46,47). The zero-order valence-electron chi connectivity index (χ0n) is 27.3. The lowest BCUT2D eigenvalue weighted by Gasteiger charge is -2.37. The van der Waals surface area contributed by atoms with Gasteiger partial charge >= 0.3 is 11.9 Å². The first-order valence-electron chi connectivity index (χ1n) is 17.1. The highest BCUT2D eigenvalue weighted by molar-refractivity contribution is 6.32. The van der Waals surface area contributed by atoms with Crippen LogP contribution in [0.25, 0.3) is 11.1 Å². The number of carbonyl (C=O) groups excluding carboxylic acids is 1. The van der Waals surface area contributed by atoms with Crippen molar-refractivity contribution in [2.45, 2.75) is 75.0 Å². The largest absolute Gasteiger partial charge is 0.478 e. The first kappa shape index (κ1) is 32.0. The lowest BCUT2D eigenvalue weighted by atomic mass is 9.65. The summed E-state index contributed by atoms with van der Waals surface area (Å²) in [7, 11) is 1.38. The topological polar surface area (TPSA) is 88.3 Å². The van der Waals surface area contributed by atoms with Gasteiger partial charge in [-0.25, -0.2) is 9.59 Å². The first-order chi connectivity index (χ1) is 23.8. The van der Waals surface area contributed by atoms with E-state index in [0.29, 0.717) is 34.0 Å². The maximum Gasteiger partial charge on any atom is 0.338 e. The van der Waals surface area contributed by atoms with E-state index in [1.165, 1.54) is 12.7 Å². The Labute approximate surface area is 295 Å². The molecule has 0 radical (unpaired) electrons. The van der Waals surface area contributed by atoms with E-state index in [4.69, 9.17) is 37.9 Å². The van der Waals surface area contributed by atoms with E-state index in [1.54, 1.807) is 18.2 Å². The Balaban J connectivity index is 1.23. The molecule has 2 aliphatic heterocycles. The number of carboxylic acids is 1. The van der Waals surface area contributed by atoms with Gasteiger partial charge in [0.1, 0.15) is 0 Å². The van der Waals surface area contributed by atoms with E-state index >= 15 is 0 Å². The van der Waals surface area contributed by atoms with E-state index < -0.39 is 17.4 Å². The summed E-state index contributed by atoms with van der Waals surface area (Å²) in [6.07, 6.45) is 8.69. The molecular weight excluding hydrogens is 655 g/mol. The first-order valence-corrected chi connectivity index (χ1v) is 17.8. The minimum absolute atomic E-state index is 0.209. The van der Waals surface area contributed by atoms with Crippen LogP contribution in [0.15, 0.2) is 82.8 Å². The van der Waals surface area contributed by atoms with Crippen molar-refractivity contribution >= 4 is 57.9 Å². The molecule has 4 aromatic carbocycles. The fourth-order valence-corrected chi connectivity index (χ4v) is 9.56. The van der Waals surface area contributed by atoms with E-state index in [-0.39, 0.29) is 11.0 Å². The van der Waals surface area contributed by atoms with Crippen LogP contribution < -0.4 is 0 Å². The van der Waals surface area contributed by atoms with Crippen molar-refractivity contribution in [3.63, 3.8) is 0 Å². The average Bonchev–Trinajstić information content (AvgIpc) is 3.62. The van der Waals surface area contributed by atoms with Crippen LogP contribution in [-0.4, -0.2) is 35.6 Å². The molecule has 8 heteroatoms. The van der Waals surface area contributed by atoms with Crippen LogP contribution >= 0.6 is 23.2 Å². The van der Waals surface area contributed by atoms with Crippen LogP contribution in [0.2, 0.25) is 10.0 Å². The molecule has 0 amide bonds. The molecule has 4 aliphatic rings. The Morgan fingerprint density at radius 2 is 1.41 bits per heavy atom. The van der Waals surface area contributed by atoms with Gasteiger partial charge in [-0.3, -0.25) is 9.98 Å². The van der Waals surface area contributed by atoms with Gasteiger partial charge in [-0.05, 0) is 110 Å². The van der Waals surface area contributed by atoms with Gasteiger partial charge in [0.05, 0.1) is 29.6 Å². The van der Waals surface area contributed by atoms with Crippen molar-refractivity contribution in [3.8, 4) is 11.1 Å². The lowest BCUT2D eigenvalue weighted by Crippen LogP contribution is -2.39. The lowest BCUT2D eigenvalue weighted by molar-refractivity contribution is 0.0598. The maximum absolute atomic E-state index is 13.0. The number of benzene rings is 4. The SMILES string of the molecule is COC(=O)c1cccc(Cl)c1CC12CCCCC1=Nc1c(-c3cc(Cl)c(CC45CCCCC4=Nc4ccccc45)c(C(=O)O)c3)cccc12. The molecule has 0 aromatic heterocycles. The number of hydrogen-bond donors (Lipinski definition) is 1. The summed E-state index contributed by atoms with van der Waals surface area (Å²) in [6.45, 7) is 0. The normalized spacial score (nSPS) is 21.9. The predicted molar refractivity (Wildman–Crippen MR) is 195 cm³/mol. The molecule has 2 atom stereocenters. The number of carboxylic acid groups (broad SMARTS) is 1. The summed E-state index contributed by atoms with van der Waals surface area (Å²) in [4.78, 5) is 36.1. The fourth-order valence-electron chi connectivity index (χ4n) is 9.03. The molecule has 2 heterocycles. The number of methoxy groups -OCH3 is 1.